The summed E-state index contributed by atoms with van der Waals surface area (Å²) in [6.45, 7) is 4.67. The van der Waals surface area contributed by atoms with Gasteiger partial charge in [-0.3, -0.25) is 4.79 Å². The molecule has 2 aliphatic rings. The molecule has 0 bridgehead atoms. The van der Waals surface area contributed by atoms with Crippen molar-refractivity contribution < 1.29 is 18.2 Å². The average molecular weight is 533 g/mol. The number of hydrogen-bond donors (Lipinski definition) is 1. The van der Waals surface area contributed by atoms with Crippen molar-refractivity contribution >= 4 is 52.6 Å². The van der Waals surface area contributed by atoms with E-state index in [0.717, 1.165) is 50.8 Å². The number of carbonyl (C=O) groups excluding carboxylic acids is 1. The monoisotopic (exact) mass is 532 g/mol. The molecule has 0 fully saturated rings. The highest BCUT2D eigenvalue weighted by molar-refractivity contribution is 6.96. The number of rotatable bonds is 8. The minimum Gasteiger partial charge on any atom is -0.493 e. The Balaban J connectivity index is 1.58. The van der Waals surface area contributed by atoms with Crippen LogP contribution in [0.25, 0.3) is 34.5 Å². The Morgan fingerprint density at radius 1 is 1.11 bits per heavy atom. The van der Waals surface area contributed by atoms with Crippen LogP contribution in [0, 0.1) is 6.92 Å². The Morgan fingerprint density at radius 3 is 2.65 bits per heavy atom. The fourth-order valence-electron chi connectivity index (χ4n) is 4.43. The molecule has 37 heavy (non-hydrogen) atoms. The number of nitrogens with one attached hydrogen (secondary N) is 1. The first-order valence-electron chi connectivity index (χ1n) is 11.9. The first kappa shape index (κ1) is 24.9. The number of aryl methyl sites for hydroxylation is 1. The normalized spacial score (nSPS) is 11.5. The molecule has 0 unspecified atom stereocenters. The minimum atomic E-state index is -0.226. The van der Waals surface area contributed by atoms with Gasteiger partial charge >= 0.3 is 0 Å². The lowest BCUT2D eigenvalue weighted by molar-refractivity contribution is -0.518. The number of benzene rings is 2. The molecule has 1 N–H and O–H groups in total. The lowest BCUT2D eigenvalue weighted by Crippen LogP contribution is -2.26. The van der Waals surface area contributed by atoms with Crippen LogP contribution in [-0.4, -0.2) is 29.3 Å². The second-order valence-corrected chi connectivity index (χ2v) is 9.70. The number of alkyl halides is 1. The number of hydrogen-bond acceptors (Lipinski definition) is 4. The number of nitrogens with zero attached hydrogens (tertiary/aromatic N) is 2. The predicted octanol–water partition coefficient (Wildman–Crippen LogP) is 6.45. The number of anilines is 1. The molecule has 6 nitrogen and oxygen atoms in total. The fourth-order valence-corrected chi connectivity index (χ4v) is 5.56. The molecular weight excluding hydrogens is 506 g/mol. The number of amides is 1. The van der Waals surface area contributed by atoms with Gasteiger partial charge in [-0.15, -0.1) is 19.3 Å². The van der Waals surface area contributed by atoms with Crippen LogP contribution in [0.3, 0.4) is 0 Å². The summed E-state index contributed by atoms with van der Waals surface area (Å²) in [6.07, 6.45) is 6.28. The first-order chi connectivity index (χ1) is 18.0. The Morgan fingerprint density at radius 2 is 1.92 bits per heavy atom. The third-order valence-electron chi connectivity index (χ3n) is 6.06. The van der Waals surface area contributed by atoms with E-state index >= 15 is 0 Å². The molecule has 3 aromatic rings. The van der Waals surface area contributed by atoms with E-state index < -0.39 is 0 Å². The molecule has 2 aliphatic heterocycles. The summed E-state index contributed by atoms with van der Waals surface area (Å²) in [5.74, 6) is 1.15. The van der Waals surface area contributed by atoms with Crippen molar-refractivity contribution in [1.82, 2.24) is 3.79 Å². The molecule has 5 rings (SSSR count). The molecule has 0 aliphatic carbocycles. The van der Waals surface area contributed by atoms with Gasteiger partial charge in [-0.05, 0) is 73.5 Å². The van der Waals surface area contributed by atoms with E-state index in [9.17, 15) is 4.79 Å². The minimum absolute atomic E-state index is 0.0731. The van der Waals surface area contributed by atoms with Gasteiger partial charge in [0.25, 0.3) is 0 Å². The van der Waals surface area contributed by atoms with Gasteiger partial charge in [0.15, 0.2) is 22.7 Å². The molecule has 0 atom stereocenters. The number of carbonyl (C=O) groups is 1. The molecule has 8 heteroatoms. The number of halogens is 1. The Labute approximate surface area is 225 Å². The fraction of sp³-hybridized carbons (Fsp3) is 0.172. The van der Waals surface area contributed by atoms with Crippen molar-refractivity contribution in [2.45, 2.75) is 13.8 Å². The third-order valence-corrected chi connectivity index (χ3v) is 7.36. The van der Waals surface area contributed by atoms with E-state index in [1.165, 1.54) is 5.56 Å². The summed E-state index contributed by atoms with van der Waals surface area (Å²) >= 11 is 7.28. The topological polar surface area (TPSA) is 55.9 Å². The number of ether oxygens (including phenoxy) is 2. The number of methoxy groups -OCH3 is 1. The highest BCUT2D eigenvalue weighted by atomic mass is 35.5. The molecular formula is C29H27ClN3O3S+. The second-order valence-electron chi connectivity index (χ2n) is 8.51. The maximum Gasteiger partial charge on any atom is 0.241 e. The van der Waals surface area contributed by atoms with E-state index in [2.05, 4.69) is 56.5 Å². The lowest BCUT2D eigenvalue weighted by Gasteiger charge is -2.09. The maximum absolute atomic E-state index is 11.7. The lowest BCUT2D eigenvalue weighted by atomic mass is 10.0. The summed E-state index contributed by atoms with van der Waals surface area (Å²) in [6, 6.07) is 20.2. The van der Waals surface area contributed by atoms with Crippen molar-refractivity contribution in [1.29, 1.82) is 0 Å². The molecule has 1 amide bonds. The van der Waals surface area contributed by atoms with Gasteiger partial charge in [-0.25, -0.2) is 0 Å². The third kappa shape index (κ3) is 4.92. The van der Waals surface area contributed by atoms with Crippen LogP contribution in [0.4, 0.5) is 5.69 Å². The van der Waals surface area contributed by atoms with E-state index in [1.807, 2.05) is 49.4 Å². The van der Waals surface area contributed by atoms with Gasteiger partial charge in [-0.2, -0.15) is 0 Å². The van der Waals surface area contributed by atoms with E-state index in [1.54, 1.807) is 18.8 Å². The molecule has 3 heterocycles. The van der Waals surface area contributed by atoms with Crippen molar-refractivity contribution in [3.63, 3.8) is 0 Å². The molecule has 0 saturated carbocycles. The van der Waals surface area contributed by atoms with Gasteiger partial charge in [0.2, 0.25) is 17.6 Å². The molecule has 2 aromatic carbocycles. The van der Waals surface area contributed by atoms with Gasteiger partial charge in [-0.1, -0.05) is 24.3 Å². The zero-order valence-corrected chi connectivity index (χ0v) is 22.4. The number of aromatic nitrogens is 2. The van der Waals surface area contributed by atoms with Crippen molar-refractivity contribution in [2.24, 2.45) is 0 Å². The van der Waals surface area contributed by atoms with Crippen LogP contribution in [0.2, 0.25) is 0 Å². The Kier molecular flexibility index (Phi) is 7.17. The van der Waals surface area contributed by atoms with Gasteiger partial charge in [0.1, 0.15) is 17.8 Å². The SMILES string of the molecule is CCOc1cc(C=Cc2cc(C)c3c(-c4ccc(NC(=O)CCl)cc4)c4ccc[n+]-4sn23)ccc1OC. The molecule has 188 valence electrons. The smallest absolute Gasteiger partial charge is 0.241 e. The maximum atomic E-state index is 11.7. The summed E-state index contributed by atoms with van der Waals surface area (Å²) in [7, 11) is 1.65. The molecule has 0 saturated heterocycles. The quantitative estimate of drug-likeness (QED) is 0.185. The predicted molar refractivity (Wildman–Crippen MR) is 151 cm³/mol. The summed E-state index contributed by atoms with van der Waals surface area (Å²) in [4.78, 5) is 11.7. The second kappa shape index (κ2) is 10.7. The van der Waals surface area contributed by atoms with Crippen LogP contribution in [0.1, 0.15) is 23.7 Å². The van der Waals surface area contributed by atoms with Crippen molar-refractivity contribution in [2.75, 3.05) is 24.9 Å². The zero-order chi connectivity index (χ0) is 25.9. The Hall–Kier alpha value is -3.81. The van der Waals surface area contributed by atoms with Gasteiger partial charge in [0, 0.05) is 11.3 Å². The van der Waals surface area contributed by atoms with Gasteiger partial charge < -0.3 is 14.8 Å². The number of fused-ring (bicyclic) bond motifs is 2. The summed E-state index contributed by atoms with van der Waals surface area (Å²) in [5.41, 5.74) is 8.49. The van der Waals surface area contributed by atoms with Crippen LogP contribution in [0.15, 0.2) is 66.9 Å². The molecule has 1 aromatic heterocycles. The van der Waals surface area contributed by atoms with Crippen LogP contribution in [-0.2, 0) is 4.79 Å². The summed E-state index contributed by atoms with van der Waals surface area (Å²) < 4.78 is 15.6. The average Bonchev–Trinajstić information content (AvgIpc) is 3.51. The first-order valence-corrected chi connectivity index (χ1v) is 13.2. The molecule has 0 radical (unpaired) electrons. The van der Waals surface area contributed by atoms with Gasteiger partial charge in [0.05, 0.1) is 19.3 Å². The largest absolute Gasteiger partial charge is 0.493 e. The van der Waals surface area contributed by atoms with E-state index in [4.69, 9.17) is 21.1 Å². The van der Waals surface area contributed by atoms with E-state index in [0.29, 0.717) is 6.61 Å². The highest BCUT2D eigenvalue weighted by Crippen LogP contribution is 2.35. The van der Waals surface area contributed by atoms with Crippen molar-refractivity contribution in [3.05, 3.63) is 83.7 Å². The Bertz CT molecular complexity index is 1570. The van der Waals surface area contributed by atoms with Crippen LogP contribution >= 0.6 is 23.3 Å². The van der Waals surface area contributed by atoms with Crippen LogP contribution in [0.5, 0.6) is 11.5 Å². The highest BCUT2D eigenvalue weighted by Gasteiger charge is 2.25. The molecule has 0 spiro atoms. The van der Waals surface area contributed by atoms with E-state index in [-0.39, 0.29) is 11.8 Å². The van der Waals surface area contributed by atoms with Crippen LogP contribution < -0.4 is 18.7 Å². The summed E-state index contributed by atoms with van der Waals surface area (Å²) in [5, 5.41) is 2.80. The zero-order valence-electron chi connectivity index (χ0n) is 20.8. The standard InChI is InChI=1S/C29H26ClN3O3S/c1-4-36-26-17-20(8-14-25(26)35-3)7-13-23-16-19(2)29-28(24-6-5-15-32(24)37-33(23)29)21-9-11-22(12-10-21)31-27(34)18-30/h5-17H,4,18H2,1-3H3/p+1. The van der Waals surface area contributed by atoms with Crippen molar-refractivity contribution in [3.8, 4) is 28.3 Å².